The summed E-state index contributed by atoms with van der Waals surface area (Å²) in [6, 6.07) is 8.87. The molecule has 0 unspecified atom stereocenters. The van der Waals surface area contributed by atoms with Crippen molar-refractivity contribution in [1.82, 2.24) is 0 Å². The summed E-state index contributed by atoms with van der Waals surface area (Å²) in [6.45, 7) is 0.939. The second-order valence-corrected chi connectivity index (χ2v) is 7.11. The fraction of sp³-hybridized carbons (Fsp3) is 0.667. The van der Waals surface area contributed by atoms with E-state index >= 15 is 0 Å². The summed E-state index contributed by atoms with van der Waals surface area (Å²) >= 11 is 0. The summed E-state index contributed by atoms with van der Waals surface area (Å²) < 4.78 is 38.2. The van der Waals surface area contributed by atoms with Gasteiger partial charge in [-0.1, -0.05) is 0 Å². The van der Waals surface area contributed by atoms with E-state index in [0.717, 1.165) is 37.1 Å². The molecule has 1 aromatic carbocycles. The lowest BCUT2D eigenvalue weighted by Gasteiger charge is -2.34. The quantitative estimate of drug-likeness (QED) is 0.868. The topological polar surface area (TPSA) is 41.3 Å². The summed E-state index contributed by atoms with van der Waals surface area (Å²) in [5, 5.41) is 3.54. The smallest absolute Gasteiger partial charge is 0.382 e. The van der Waals surface area contributed by atoms with Crippen molar-refractivity contribution < 1.29 is 13.2 Å². The van der Waals surface area contributed by atoms with Crippen LogP contribution < -0.4 is 16.0 Å². The molecular formula is C18H26F3N3. The van der Waals surface area contributed by atoms with E-state index in [1.54, 1.807) is 0 Å². The molecule has 0 bridgehead atoms. The first-order valence-electron chi connectivity index (χ1n) is 8.85. The number of piperidine rings is 1. The Morgan fingerprint density at radius 1 is 0.917 bits per heavy atom. The highest BCUT2D eigenvalue weighted by Crippen LogP contribution is 2.35. The van der Waals surface area contributed by atoms with Crippen LogP contribution in [0.1, 0.15) is 38.5 Å². The lowest BCUT2D eigenvalue weighted by molar-refractivity contribution is -0.179. The number of hydrogen-bond donors (Lipinski definition) is 2. The molecular weight excluding hydrogens is 315 g/mol. The second-order valence-electron chi connectivity index (χ2n) is 7.11. The zero-order chi connectivity index (χ0) is 17.2. The van der Waals surface area contributed by atoms with Crippen LogP contribution in [0.25, 0.3) is 0 Å². The van der Waals surface area contributed by atoms with E-state index in [9.17, 15) is 13.2 Å². The molecule has 24 heavy (non-hydrogen) atoms. The van der Waals surface area contributed by atoms with Crippen LogP contribution in [0.3, 0.4) is 0 Å². The van der Waals surface area contributed by atoms with Crippen LogP contribution in [-0.2, 0) is 0 Å². The zero-order valence-electron chi connectivity index (χ0n) is 13.9. The van der Waals surface area contributed by atoms with Crippen molar-refractivity contribution in [1.29, 1.82) is 0 Å². The van der Waals surface area contributed by atoms with Gasteiger partial charge in [-0.3, -0.25) is 0 Å². The summed E-state index contributed by atoms with van der Waals surface area (Å²) in [6.07, 6.45) is 0.621. The predicted molar refractivity (Wildman–Crippen MR) is 91.3 cm³/mol. The van der Waals surface area contributed by atoms with Gasteiger partial charge in [-0.05, 0) is 62.8 Å². The van der Waals surface area contributed by atoms with E-state index in [-0.39, 0.29) is 12.8 Å². The number of alkyl halides is 3. The van der Waals surface area contributed by atoms with Gasteiger partial charge in [-0.2, -0.15) is 13.2 Å². The minimum absolute atomic E-state index is 0.186. The fourth-order valence-corrected chi connectivity index (χ4v) is 3.73. The molecule has 0 aromatic heterocycles. The fourth-order valence-electron chi connectivity index (χ4n) is 3.73. The largest absolute Gasteiger partial charge is 0.391 e. The molecule has 1 heterocycles. The molecule has 1 aliphatic heterocycles. The number of halogens is 3. The molecule has 0 amide bonds. The monoisotopic (exact) mass is 341 g/mol. The average molecular weight is 341 g/mol. The Hall–Kier alpha value is -1.43. The highest BCUT2D eigenvalue weighted by molar-refractivity contribution is 5.55. The van der Waals surface area contributed by atoms with E-state index in [0.29, 0.717) is 25.2 Å². The molecule has 0 atom stereocenters. The normalized spacial score (nSPS) is 26.4. The van der Waals surface area contributed by atoms with E-state index < -0.39 is 12.1 Å². The Labute approximate surface area is 141 Å². The highest BCUT2D eigenvalue weighted by atomic mass is 19.4. The average Bonchev–Trinajstić information content (AvgIpc) is 2.57. The minimum atomic E-state index is -4.05. The first-order chi connectivity index (χ1) is 11.4. The third-order valence-corrected chi connectivity index (χ3v) is 5.33. The molecule has 3 nitrogen and oxygen atoms in total. The van der Waals surface area contributed by atoms with Crippen molar-refractivity contribution in [3.63, 3.8) is 0 Å². The third kappa shape index (κ3) is 4.35. The molecule has 0 radical (unpaired) electrons. The van der Waals surface area contributed by atoms with Crippen molar-refractivity contribution in [2.75, 3.05) is 23.3 Å². The van der Waals surface area contributed by atoms with Crippen molar-refractivity contribution in [3.05, 3.63) is 24.3 Å². The maximum Gasteiger partial charge on any atom is 0.391 e. The van der Waals surface area contributed by atoms with Crippen LogP contribution in [0.4, 0.5) is 24.5 Å². The molecule has 0 spiro atoms. The van der Waals surface area contributed by atoms with Crippen LogP contribution >= 0.6 is 0 Å². The van der Waals surface area contributed by atoms with E-state index in [1.807, 2.05) is 29.2 Å². The van der Waals surface area contributed by atoms with Crippen LogP contribution in [0.2, 0.25) is 0 Å². The van der Waals surface area contributed by atoms with Crippen LogP contribution in [0.15, 0.2) is 24.3 Å². The van der Waals surface area contributed by atoms with Gasteiger partial charge in [0.1, 0.15) is 0 Å². The van der Waals surface area contributed by atoms with Gasteiger partial charge in [0.05, 0.1) is 5.92 Å². The standard InChI is InChI=1S/C18H26F3N3/c19-18(20,21)13-9-11-24(12-10-13)17-7-5-16(6-8-17)23-15-3-1-14(22)2-4-15/h5-8,13-15,23H,1-4,9-12,22H2/t14-,15-. The lowest BCUT2D eigenvalue weighted by Crippen LogP contribution is -2.39. The number of anilines is 2. The first-order valence-corrected chi connectivity index (χ1v) is 8.85. The van der Waals surface area contributed by atoms with Gasteiger partial charge in [0.25, 0.3) is 0 Å². The SMILES string of the molecule is N[C@H]1CC[C@H](Nc2ccc(N3CCC(C(F)(F)F)CC3)cc2)CC1. The second kappa shape index (κ2) is 7.21. The summed E-state index contributed by atoms with van der Waals surface area (Å²) in [4.78, 5) is 2.05. The summed E-state index contributed by atoms with van der Waals surface area (Å²) in [5.41, 5.74) is 8.01. The molecule has 1 aromatic rings. The van der Waals surface area contributed by atoms with Crippen molar-refractivity contribution in [3.8, 4) is 0 Å². The van der Waals surface area contributed by atoms with Crippen LogP contribution in [-0.4, -0.2) is 31.3 Å². The van der Waals surface area contributed by atoms with E-state index in [1.165, 1.54) is 0 Å². The highest BCUT2D eigenvalue weighted by Gasteiger charge is 2.41. The Morgan fingerprint density at radius 3 is 2.04 bits per heavy atom. The first kappa shape index (κ1) is 17.4. The molecule has 134 valence electrons. The van der Waals surface area contributed by atoms with Crippen molar-refractivity contribution in [2.45, 2.75) is 56.8 Å². The maximum atomic E-state index is 12.7. The van der Waals surface area contributed by atoms with Gasteiger partial charge < -0.3 is 16.0 Å². The molecule has 6 heteroatoms. The minimum Gasteiger partial charge on any atom is -0.382 e. The molecule has 2 aliphatic rings. The summed E-state index contributed by atoms with van der Waals surface area (Å²) in [5.74, 6) is -1.15. The Bertz CT molecular complexity index is 513. The number of rotatable bonds is 3. The molecule has 3 N–H and O–H groups in total. The number of nitrogens with one attached hydrogen (secondary N) is 1. The zero-order valence-corrected chi connectivity index (χ0v) is 13.9. The summed E-state index contributed by atoms with van der Waals surface area (Å²) in [7, 11) is 0. The van der Waals surface area contributed by atoms with Crippen LogP contribution in [0.5, 0.6) is 0 Å². The van der Waals surface area contributed by atoms with Gasteiger partial charge in [0.15, 0.2) is 0 Å². The Kier molecular flexibility index (Phi) is 5.23. The molecule has 1 saturated carbocycles. The maximum absolute atomic E-state index is 12.7. The molecule has 3 rings (SSSR count). The predicted octanol–water partition coefficient (Wildman–Crippen LogP) is 4.15. The number of hydrogen-bond acceptors (Lipinski definition) is 3. The van der Waals surface area contributed by atoms with Crippen molar-refractivity contribution in [2.24, 2.45) is 11.7 Å². The van der Waals surface area contributed by atoms with Gasteiger partial charge in [-0.25, -0.2) is 0 Å². The molecule has 1 saturated heterocycles. The third-order valence-electron chi connectivity index (χ3n) is 5.33. The van der Waals surface area contributed by atoms with Crippen molar-refractivity contribution >= 4 is 11.4 Å². The van der Waals surface area contributed by atoms with Gasteiger partial charge in [0.2, 0.25) is 0 Å². The Balaban J connectivity index is 1.52. The lowest BCUT2D eigenvalue weighted by atomic mass is 9.91. The van der Waals surface area contributed by atoms with Gasteiger partial charge >= 0.3 is 6.18 Å². The number of benzene rings is 1. The molecule has 2 fully saturated rings. The Morgan fingerprint density at radius 2 is 1.50 bits per heavy atom. The number of nitrogens with zero attached hydrogens (tertiary/aromatic N) is 1. The molecule has 1 aliphatic carbocycles. The number of nitrogens with two attached hydrogens (primary N) is 1. The van der Waals surface area contributed by atoms with E-state index in [2.05, 4.69) is 5.32 Å². The van der Waals surface area contributed by atoms with Gasteiger partial charge in [-0.15, -0.1) is 0 Å². The van der Waals surface area contributed by atoms with E-state index in [4.69, 9.17) is 5.73 Å². The van der Waals surface area contributed by atoms with Crippen LogP contribution in [0, 0.1) is 5.92 Å². The van der Waals surface area contributed by atoms with Gasteiger partial charge in [0, 0.05) is 36.5 Å².